The Bertz CT molecular complexity index is 840. The van der Waals surface area contributed by atoms with Crippen molar-refractivity contribution in [3.8, 4) is 0 Å². The average molecular weight is 383 g/mol. The first-order valence-corrected chi connectivity index (χ1v) is 10.0. The summed E-state index contributed by atoms with van der Waals surface area (Å²) in [5.41, 5.74) is 0.512. The summed E-state index contributed by atoms with van der Waals surface area (Å²) in [5.74, 6) is -0.207. The highest BCUT2D eigenvalue weighted by molar-refractivity contribution is 7.94. The molecule has 0 radical (unpaired) electrons. The lowest BCUT2D eigenvalue weighted by molar-refractivity contribution is -0.122. The first-order chi connectivity index (χ1) is 11.6. The Morgan fingerprint density at radius 1 is 1.16 bits per heavy atom. The number of thiophene rings is 1. The van der Waals surface area contributed by atoms with Crippen molar-refractivity contribution < 1.29 is 18.3 Å². The molecule has 25 heavy (non-hydrogen) atoms. The normalized spacial score (nSPS) is 12.0. The van der Waals surface area contributed by atoms with E-state index in [0.717, 1.165) is 10.4 Å². The van der Waals surface area contributed by atoms with Crippen LogP contribution in [0.15, 0.2) is 40.6 Å². The molecule has 2 rings (SSSR count). The van der Waals surface area contributed by atoms with Gasteiger partial charge in [-0.1, -0.05) is 12.1 Å². The molecule has 0 saturated heterocycles. The van der Waals surface area contributed by atoms with Crippen molar-refractivity contribution in [2.75, 3.05) is 11.3 Å². The lowest BCUT2D eigenvalue weighted by Crippen LogP contribution is -2.46. The first-order valence-electron chi connectivity index (χ1n) is 7.71. The molecule has 0 aliphatic carbocycles. The van der Waals surface area contributed by atoms with Crippen molar-refractivity contribution >= 4 is 33.0 Å². The molecule has 0 bridgehead atoms. The number of anilines is 1. The van der Waals surface area contributed by atoms with E-state index in [1.54, 1.807) is 50.2 Å². The lowest BCUT2D eigenvalue weighted by Gasteiger charge is -2.23. The van der Waals surface area contributed by atoms with E-state index >= 15 is 0 Å². The predicted molar refractivity (Wildman–Crippen MR) is 99.3 cm³/mol. The van der Waals surface area contributed by atoms with Crippen LogP contribution in [0, 0.1) is 6.92 Å². The number of amides is 1. The van der Waals surface area contributed by atoms with Gasteiger partial charge in [0.1, 0.15) is 4.21 Å². The lowest BCUT2D eigenvalue weighted by atomic mass is 10.1. The topological polar surface area (TPSA) is 95.5 Å². The summed E-state index contributed by atoms with van der Waals surface area (Å²) in [4.78, 5) is 12.9. The van der Waals surface area contributed by atoms with E-state index in [2.05, 4.69) is 10.0 Å². The highest BCUT2D eigenvalue weighted by Crippen LogP contribution is 2.23. The molecule has 6 nitrogen and oxygen atoms in total. The zero-order valence-corrected chi connectivity index (χ0v) is 16.0. The van der Waals surface area contributed by atoms with Crippen LogP contribution in [0.2, 0.25) is 0 Å². The van der Waals surface area contributed by atoms with Crippen LogP contribution in [-0.2, 0) is 21.2 Å². The maximum atomic E-state index is 12.3. The van der Waals surface area contributed by atoms with Crippen LogP contribution in [0.3, 0.4) is 0 Å². The van der Waals surface area contributed by atoms with Gasteiger partial charge >= 0.3 is 0 Å². The van der Waals surface area contributed by atoms with Crippen molar-refractivity contribution in [1.82, 2.24) is 5.32 Å². The van der Waals surface area contributed by atoms with Gasteiger partial charge in [0.15, 0.2) is 0 Å². The van der Waals surface area contributed by atoms with Gasteiger partial charge in [0.25, 0.3) is 10.0 Å². The van der Waals surface area contributed by atoms with E-state index in [0.29, 0.717) is 5.69 Å². The molecule has 0 atom stereocenters. The van der Waals surface area contributed by atoms with Crippen LogP contribution in [0.5, 0.6) is 0 Å². The van der Waals surface area contributed by atoms with Gasteiger partial charge in [-0.15, -0.1) is 11.3 Å². The second kappa shape index (κ2) is 7.55. The Morgan fingerprint density at radius 2 is 1.80 bits per heavy atom. The minimum Gasteiger partial charge on any atom is -0.394 e. The summed E-state index contributed by atoms with van der Waals surface area (Å²) >= 11 is 1.21. The second-order valence-corrected chi connectivity index (χ2v) is 9.63. The van der Waals surface area contributed by atoms with Crippen molar-refractivity contribution in [1.29, 1.82) is 0 Å². The SMILES string of the molecule is Cc1ccc(S(=O)(=O)Nc2ccc(CC(=O)NC(C)(C)CO)cc2)s1. The third-order valence-corrected chi connectivity index (χ3v) is 6.30. The largest absolute Gasteiger partial charge is 0.394 e. The van der Waals surface area contributed by atoms with Gasteiger partial charge in [0, 0.05) is 10.6 Å². The number of sulfonamides is 1. The summed E-state index contributed by atoms with van der Waals surface area (Å²) in [5, 5.41) is 11.9. The fourth-order valence-electron chi connectivity index (χ4n) is 2.10. The number of nitrogens with one attached hydrogen (secondary N) is 2. The van der Waals surface area contributed by atoms with Crippen LogP contribution in [-0.4, -0.2) is 31.6 Å². The molecule has 3 N–H and O–H groups in total. The second-order valence-electron chi connectivity index (χ2n) is 6.43. The number of aliphatic hydroxyl groups excluding tert-OH is 1. The number of aryl methyl sites for hydroxylation is 1. The molecule has 0 aliphatic rings. The molecule has 1 heterocycles. The molecule has 0 unspecified atom stereocenters. The summed E-state index contributed by atoms with van der Waals surface area (Å²) < 4.78 is 27.3. The van der Waals surface area contributed by atoms with E-state index in [-0.39, 0.29) is 23.1 Å². The Balaban J connectivity index is 2.01. The van der Waals surface area contributed by atoms with Crippen molar-refractivity contribution in [2.45, 2.75) is 36.9 Å². The Labute approximate surface area is 151 Å². The van der Waals surface area contributed by atoms with E-state index in [9.17, 15) is 13.2 Å². The fourth-order valence-corrected chi connectivity index (χ4v) is 4.44. The quantitative estimate of drug-likeness (QED) is 0.685. The van der Waals surface area contributed by atoms with Gasteiger partial charge < -0.3 is 10.4 Å². The smallest absolute Gasteiger partial charge is 0.271 e. The first kappa shape index (κ1) is 19.4. The van der Waals surface area contributed by atoms with Crippen LogP contribution in [0.25, 0.3) is 0 Å². The summed E-state index contributed by atoms with van der Waals surface area (Å²) in [6.07, 6.45) is 0.153. The number of benzene rings is 1. The van der Waals surface area contributed by atoms with Crippen molar-refractivity contribution in [3.63, 3.8) is 0 Å². The van der Waals surface area contributed by atoms with E-state index in [1.807, 2.05) is 6.92 Å². The standard InChI is InChI=1S/C17H22N2O4S2/c1-12-4-9-16(24-12)25(22,23)19-14-7-5-13(6-8-14)10-15(21)18-17(2,3)11-20/h4-9,19-20H,10-11H2,1-3H3,(H,18,21). The van der Waals surface area contributed by atoms with E-state index in [4.69, 9.17) is 5.11 Å². The van der Waals surface area contributed by atoms with Crippen molar-refractivity contribution in [3.05, 3.63) is 46.8 Å². The molecule has 0 saturated carbocycles. The van der Waals surface area contributed by atoms with Gasteiger partial charge in [0.2, 0.25) is 5.91 Å². The molecule has 2 aromatic rings. The molecular weight excluding hydrogens is 360 g/mol. The summed E-state index contributed by atoms with van der Waals surface area (Å²) in [7, 11) is -3.59. The summed E-state index contributed by atoms with van der Waals surface area (Å²) in [6.45, 7) is 5.16. The number of carbonyl (C=O) groups excluding carboxylic acids is 1. The molecule has 0 fully saturated rings. The number of hydrogen-bond acceptors (Lipinski definition) is 5. The maximum Gasteiger partial charge on any atom is 0.271 e. The number of rotatable bonds is 7. The predicted octanol–water partition coefficient (Wildman–Crippen LogP) is 2.29. The van der Waals surface area contributed by atoms with Gasteiger partial charge in [-0.3, -0.25) is 9.52 Å². The van der Waals surface area contributed by atoms with Gasteiger partial charge in [0.05, 0.1) is 18.6 Å². The maximum absolute atomic E-state index is 12.3. The van der Waals surface area contributed by atoms with Gasteiger partial charge in [-0.2, -0.15) is 0 Å². The average Bonchev–Trinajstić information content (AvgIpc) is 2.96. The molecule has 1 aromatic heterocycles. The Hall–Kier alpha value is -1.90. The highest BCUT2D eigenvalue weighted by Gasteiger charge is 2.19. The molecule has 136 valence electrons. The van der Waals surface area contributed by atoms with Crippen molar-refractivity contribution in [2.24, 2.45) is 0 Å². The zero-order valence-electron chi connectivity index (χ0n) is 14.4. The monoisotopic (exact) mass is 382 g/mol. The molecule has 1 aromatic carbocycles. The Morgan fingerprint density at radius 3 is 2.32 bits per heavy atom. The van der Waals surface area contributed by atoms with E-state index < -0.39 is 15.6 Å². The minimum absolute atomic E-state index is 0.151. The van der Waals surface area contributed by atoms with Crippen LogP contribution >= 0.6 is 11.3 Å². The van der Waals surface area contributed by atoms with E-state index in [1.165, 1.54) is 11.3 Å². The van der Waals surface area contributed by atoms with Gasteiger partial charge in [-0.25, -0.2) is 8.42 Å². The van der Waals surface area contributed by atoms with Gasteiger partial charge in [-0.05, 0) is 50.6 Å². The molecule has 0 aliphatic heterocycles. The number of carbonyl (C=O) groups is 1. The highest BCUT2D eigenvalue weighted by atomic mass is 32.2. The van der Waals surface area contributed by atoms with Crippen LogP contribution in [0.4, 0.5) is 5.69 Å². The summed E-state index contributed by atoms with van der Waals surface area (Å²) in [6, 6.07) is 9.97. The minimum atomic E-state index is -3.59. The molecular formula is C17H22N2O4S2. The number of aliphatic hydroxyl groups is 1. The van der Waals surface area contributed by atoms with Crippen LogP contribution < -0.4 is 10.0 Å². The third kappa shape index (κ3) is 5.55. The molecule has 0 spiro atoms. The number of hydrogen-bond donors (Lipinski definition) is 3. The molecule has 8 heteroatoms. The zero-order chi connectivity index (χ0) is 18.7. The van der Waals surface area contributed by atoms with Crippen LogP contribution in [0.1, 0.15) is 24.3 Å². The fraction of sp³-hybridized carbons (Fsp3) is 0.353. The molecule has 1 amide bonds. The third-order valence-electron chi connectivity index (χ3n) is 3.42. The Kier molecular flexibility index (Phi) is 5.87.